The molecule has 1 heterocycles. The Kier molecular flexibility index (Phi) is 6.25. The third kappa shape index (κ3) is 4.33. The summed E-state index contributed by atoms with van der Waals surface area (Å²) in [4.78, 5) is 0. The molecular formula is C48H30O. The summed E-state index contributed by atoms with van der Waals surface area (Å²) in [5.41, 5.74) is 11.6. The zero-order valence-corrected chi connectivity index (χ0v) is 26.7. The van der Waals surface area contributed by atoms with Gasteiger partial charge in [-0.2, -0.15) is 0 Å². The predicted octanol–water partition coefficient (Wildman–Crippen LogP) is 13.7. The minimum absolute atomic E-state index is 0.906. The van der Waals surface area contributed by atoms with E-state index in [9.17, 15) is 0 Å². The highest BCUT2D eigenvalue weighted by atomic mass is 16.3. The summed E-state index contributed by atoms with van der Waals surface area (Å²) in [7, 11) is 0. The normalized spacial score (nSPS) is 11.7. The van der Waals surface area contributed by atoms with Crippen LogP contribution in [0.1, 0.15) is 0 Å². The maximum absolute atomic E-state index is 6.40. The molecule has 0 radical (unpaired) electrons. The number of rotatable bonds is 4. The van der Waals surface area contributed by atoms with E-state index >= 15 is 0 Å². The van der Waals surface area contributed by atoms with Crippen molar-refractivity contribution in [2.75, 3.05) is 0 Å². The van der Waals surface area contributed by atoms with Crippen LogP contribution in [0.4, 0.5) is 0 Å². The Morgan fingerprint density at radius 2 is 0.776 bits per heavy atom. The first kappa shape index (κ1) is 27.7. The van der Waals surface area contributed by atoms with Gasteiger partial charge in [-0.1, -0.05) is 158 Å². The van der Waals surface area contributed by atoms with Crippen LogP contribution >= 0.6 is 0 Å². The number of fused-ring (bicyclic) bond motifs is 6. The Morgan fingerprint density at radius 1 is 0.265 bits per heavy atom. The van der Waals surface area contributed by atoms with Gasteiger partial charge in [0.2, 0.25) is 0 Å². The van der Waals surface area contributed by atoms with Crippen LogP contribution < -0.4 is 0 Å². The molecule has 0 spiro atoms. The first-order chi connectivity index (χ1) is 24.3. The van der Waals surface area contributed by atoms with Gasteiger partial charge in [0.05, 0.1) is 0 Å². The van der Waals surface area contributed by atoms with Crippen LogP contribution in [0.25, 0.3) is 98.8 Å². The molecule has 0 bridgehead atoms. The highest BCUT2D eigenvalue weighted by Crippen LogP contribution is 2.51. The monoisotopic (exact) mass is 622 g/mol. The maximum atomic E-state index is 6.40. The highest BCUT2D eigenvalue weighted by molar-refractivity contribution is 6.26. The van der Waals surface area contributed by atoms with Crippen LogP contribution in [-0.2, 0) is 0 Å². The van der Waals surface area contributed by atoms with Crippen molar-refractivity contribution in [2.45, 2.75) is 0 Å². The number of furan rings is 1. The molecule has 0 aliphatic carbocycles. The summed E-state index contributed by atoms with van der Waals surface area (Å²) in [5, 5.41) is 9.66. The third-order valence-corrected chi connectivity index (χ3v) is 10.0. The van der Waals surface area contributed by atoms with Gasteiger partial charge in [-0.25, -0.2) is 0 Å². The van der Waals surface area contributed by atoms with Crippen molar-refractivity contribution in [3.8, 4) is 44.5 Å². The van der Waals surface area contributed by atoms with E-state index in [2.05, 4.69) is 170 Å². The summed E-state index contributed by atoms with van der Waals surface area (Å²) in [5.74, 6) is 0. The van der Waals surface area contributed by atoms with Crippen molar-refractivity contribution in [3.63, 3.8) is 0 Å². The van der Waals surface area contributed by atoms with E-state index in [1.807, 2.05) is 12.1 Å². The lowest BCUT2D eigenvalue weighted by Gasteiger charge is -2.23. The number of para-hydroxylation sites is 1. The summed E-state index contributed by atoms with van der Waals surface area (Å²) >= 11 is 0. The molecule has 0 saturated carbocycles. The fourth-order valence-electron chi connectivity index (χ4n) is 7.95. The van der Waals surface area contributed by atoms with Gasteiger partial charge in [0, 0.05) is 10.8 Å². The zero-order chi connectivity index (χ0) is 32.3. The molecule has 0 fully saturated rings. The molecule has 49 heavy (non-hydrogen) atoms. The summed E-state index contributed by atoms with van der Waals surface area (Å²) in [6, 6.07) is 65.8. The molecule has 0 N–H and O–H groups in total. The van der Waals surface area contributed by atoms with E-state index in [0.717, 1.165) is 27.5 Å². The Balaban J connectivity index is 1.37. The highest BCUT2D eigenvalue weighted by Gasteiger charge is 2.24. The molecule has 1 nitrogen and oxygen atoms in total. The molecule has 0 saturated heterocycles. The molecule has 10 aromatic rings. The lowest BCUT2D eigenvalue weighted by molar-refractivity contribution is 0.669. The SMILES string of the molecule is c1ccc(-c2cc3ccccc3c(-c3c4ccccc4c(-c4ccc5c(c4)oc4ccccc45)c4ccccc34)c2-c2ccccc2)cc1. The average molecular weight is 623 g/mol. The van der Waals surface area contributed by atoms with Crippen molar-refractivity contribution in [2.24, 2.45) is 0 Å². The topological polar surface area (TPSA) is 13.1 Å². The maximum Gasteiger partial charge on any atom is 0.136 e. The second-order valence-electron chi connectivity index (χ2n) is 12.8. The number of hydrogen-bond donors (Lipinski definition) is 0. The minimum Gasteiger partial charge on any atom is -0.456 e. The molecule has 228 valence electrons. The first-order valence-electron chi connectivity index (χ1n) is 16.9. The van der Waals surface area contributed by atoms with Crippen molar-refractivity contribution >= 4 is 54.3 Å². The zero-order valence-electron chi connectivity index (χ0n) is 26.7. The van der Waals surface area contributed by atoms with Crippen LogP contribution in [0.2, 0.25) is 0 Å². The average Bonchev–Trinajstić information content (AvgIpc) is 3.55. The second kappa shape index (κ2) is 11.1. The van der Waals surface area contributed by atoms with Gasteiger partial charge in [-0.3, -0.25) is 0 Å². The summed E-state index contributed by atoms with van der Waals surface area (Å²) in [6.45, 7) is 0. The molecule has 0 unspecified atom stereocenters. The number of benzene rings is 9. The smallest absolute Gasteiger partial charge is 0.136 e. The first-order valence-corrected chi connectivity index (χ1v) is 16.9. The van der Waals surface area contributed by atoms with Gasteiger partial charge >= 0.3 is 0 Å². The van der Waals surface area contributed by atoms with Crippen LogP contribution in [0.15, 0.2) is 186 Å². The molecule has 1 aromatic heterocycles. The quantitative estimate of drug-likeness (QED) is 0.178. The Hall–Kier alpha value is -6.44. The van der Waals surface area contributed by atoms with E-state index in [1.165, 1.54) is 71.3 Å². The molecule has 0 aliphatic heterocycles. The Labute approximate surface area is 284 Å². The lowest BCUT2D eigenvalue weighted by Crippen LogP contribution is -1.96. The van der Waals surface area contributed by atoms with E-state index in [4.69, 9.17) is 4.42 Å². The predicted molar refractivity (Wildman–Crippen MR) is 208 cm³/mol. The largest absolute Gasteiger partial charge is 0.456 e. The van der Waals surface area contributed by atoms with Gasteiger partial charge < -0.3 is 4.42 Å². The molecule has 0 aliphatic rings. The summed E-state index contributed by atoms with van der Waals surface area (Å²) < 4.78 is 6.40. The van der Waals surface area contributed by atoms with Crippen molar-refractivity contribution in [1.29, 1.82) is 0 Å². The van der Waals surface area contributed by atoms with Gasteiger partial charge in [-0.05, 0) is 101 Å². The van der Waals surface area contributed by atoms with E-state index < -0.39 is 0 Å². The molecule has 10 rings (SSSR count). The van der Waals surface area contributed by atoms with Gasteiger partial charge in [0.1, 0.15) is 11.2 Å². The fraction of sp³-hybridized carbons (Fsp3) is 0. The molecule has 9 aromatic carbocycles. The van der Waals surface area contributed by atoms with Crippen LogP contribution in [-0.4, -0.2) is 0 Å². The van der Waals surface area contributed by atoms with E-state index in [-0.39, 0.29) is 0 Å². The van der Waals surface area contributed by atoms with Crippen LogP contribution in [0.5, 0.6) is 0 Å². The van der Waals surface area contributed by atoms with Gasteiger partial charge in [0.15, 0.2) is 0 Å². The standard InChI is InChI=1S/C48H30O/c1-3-15-31(16-4-1)42-29-33-19-7-8-20-35(33)48(46(42)32-17-5-2-6-18-32)47-40-24-11-9-22-38(40)45(39-23-10-12-25-41(39)47)34-27-28-37-36-21-13-14-26-43(36)49-44(37)30-34/h1-30H. The van der Waals surface area contributed by atoms with E-state index in [1.54, 1.807) is 0 Å². The van der Waals surface area contributed by atoms with Crippen molar-refractivity contribution in [3.05, 3.63) is 182 Å². The lowest BCUT2D eigenvalue weighted by atomic mass is 9.79. The molecule has 1 heteroatoms. The Morgan fingerprint density at radius 3 is 1.45 bits per heavy atom. The molecule has 0 atom stereocenters. The molecule has 0 amide bonds. The van der Waals surface area contributed by atoms with E-state index in [0.29, 0.717) is 0 Å². The third-order valence-electron chi connectivity index (χ3n) is 10.0. The summed E-state index contributed by atoms with van der Waals surface area (Å²) in [6.07, 6.45) is 0. The van der Waals surface area contributed by atoms with Gasteiger partial charge in [0.25, 0.3) is 0 Å². The Bertz CT molecular complexity index is 2800. The van der Waals surface area contributed by atoms with Crippen molar-refractivity contribution < 1.29 is 4.42 Å². The molecular weight excluding hydrogens is 593 g/mol. The number of hydrogen-bond acceptors (Lipinski definition) is 1. The van der Waals surface area contributed by atoms with Crippen LogP contribution in [0.3, 0.4) is 0 Å². The van der Waals surface area contributed by atoms with Crippen molar-refractivity contribution in [1.82, 2.24) is 0 Å². The van der Waals surface area contributed by atoms with Gasteiger partial charge in [-0.15, -0.1) is 0 Å². The fourth-order valence-corrected chi connectivity index (χ4v) is 7.95. The minimum atomic E-state index is 0.906. The second-order valence-corrected chi connectivity index (χ2v) is 12.8. The van der Waals surface area contributed by atoms with Crippen LogP contribution in [0, 0.1) is 0 Å².